The highest BCUT2D eigenvalue weighted by molar-refractivity contribution is 5.96. The van der Waals surface area contributed by atoms with Gasteiger partial charge in [0.1, 0.15) is 0 Å². The van der Waals surface area contributed by atoms with Gasteiger partial charge in [-0.2, -0.15) is 0 Å². The van der Waals surface area contributed by atoms with Gasteiger partial charge in [-0.25, -0.2) is 0 Å². The lowest BCUT2D eigenvalue weighted by Gasteiger charge is -2.27. The summed E-state index contributed by atoms with van der Waals surface area (Å²) in [4.78, 5) is 123. The van der Waals surface area contributed by atoms with E-state index in [0.717, 1.165) is 38.5 Å². The molecule has 4 rings (SSSR count). The summed E-state index contributed by atoms with van der Waals surface area (Å²) < 4.78 is 26.7. The molecule has 400 valence electrons. The summed E-state index contributed by atoms with van der Waals surface area (Å²) in [6, 6.07) is 0. The molecule has 4 aliphatic heterocycles. The minimum Gasteiger partial charge on any atom is -0.481 e. The Labute approximate surface area is 427 Å². The molecule has 0 aromatic carbocycles. The zero-order valence-corrected chi connectivity index (χ0v) is 42.3. The molecule has 0 aromatic rings. The first-order chi connectivity index (χ1) is 35.1. The average molecular weight is 1020 g/mol. The zero-order valence-electron chi connectivity index (χ0n) is 42.3. The first kappa shape index (κ1) is 59.5. The Morgan fingerprint density at radius 3 is 1.05 bits per heavy atom. The Hall–Kier alpha value is -6.10. The van der Waals surface area contributed by atoms with Crippen LogP contribution in [0.2, 0.25) is 0 Å². The molecule has 4 saturated heterocycles. The number of esters is 8. The minimum atomic E-state index is -0.971. The number of unbranched alkanes of at least 4 members (excludes halogenated alkanes) is 4. The van der Waals surface area contributed by atoms with E-state index in [1.165, 1.54) is 0 Å². The summed E-state index contributed by atoms with van der Waals surface area (Å²) in [6.45, 7) is 4.16. The molecule has 0 amide bonds. The van der Waals surface area contributed by atoms with Crippen LogP contribution in [-0.2, 0) is 71.6 Å². The molecule has 10 atom stereocenters. The average Bonchev–Trinajstić information content (AvgIpc) is 4.08. The topological polar surface area (TPSA) is 257 Å². The van der Waals surface area contributed by atoms with E-state index in [1.807, 2.05) is 48.6 Å². The fourth-order valence-corrected chi connectivity index (χ4v) is 9.55. The number of cyclic esters (lactones) is 8. The van der Waals surface area contributed by atoms with Crippen LogP contribution in [0.3, 0.4) is 0 Å². The summed E-state index contributed by atoms with van der Waals surface area (Å²) in [5.74, 6) is -11.2. The molecule has 0 radical (unpaired) electrons. The second-order valence-corrected chi connectivity index (χ2v) is 19.4. The number of carbonyl (C=O) groups is 10. The van der Waals surface area contributed by atoms with Crippen molar-refractivity contribution < 1.29 is 81.8 Å². The fraction of sp³-hybridized carbons (Fsp3) is 0.607. The lowest BCUT2D eigenvalue weighted by atomic mass is 9.84. The Bertz CT molecular complexity index is 1960. The minimum absolute atomic E-state index is 0.0459. The summed E-state index contributed by atoms with van der Waals surface area (Å²) in [6.07, 6.45) is 30.0. The number of carboxylic acid groups (broad SMARTS) is 2. The Morgan fingerprint density at radius 1 is 0.452 bits per heavy atom. The molecule has 73 heavy (non-hydrogen) atoms. The van der Waals surface area contributed by atoms with Crippen molar-refractivity contribution in [1.82, 2.24) is 0 Å². The first-order valence-corrected chi connectivity index (χ1v) is 26.1. The second-order valence-electron chi connectivity index (χ2n) is 19.4. The van der Waals surface area contributed by atoms with E-state index < -0.39 is 107 Å². The van der Waals surface area contributed by atoms with Gasteiger partial charge in [0.05, 0.1) is 61.6 Å². The highest BCUT2D eigenvalue weighted by Gasteiger charge is 2.41. The van der Waals surface area contributed by atoms with E-state index in [4.69, 9.17) is 33.9 Å². The van der Waals surface area contributed by atoms with Crippen molar-refractivity contribution in [1.29, 1.82) is 0 Å². The molecule has 0 bridgehead atoms. The number of carbonyl (C=O) groups excluding carboxylic acids is 8. The molecule has 4 aliphatic rings. The van der Waals surface area contributed by atoms with Crippen molar-refractivity contribution in [2.75, 3.05) is 0 Å². The number of allylic oxidation sites excluding steroid dienone is 10. The second kappa shape index (κ2) is 32.2. The van der Waals surface area contributed by atoms with Gasteiger partial charge in [-0.15, -0.1) is 0 Å². The summed E-state index contributed by atoms with van der Waals surface area (Å²) >= 11 is 0. The van der Waals surface area contributed by atoms with Gasteiger partial charge in [-0.1, -0.05) is 112 Å². The van der Waals surface area contributed by atoms with E-state index in [-0.39, 0.29) is 63.2 Å². The third kappa shape index (κ3) is 21.5. The molecule has 10 unspecified atom stereocenters. The quantitative estimate of drug-likeness (QED) is 0.0195. The maximum atomic E-state index is 13.0. The van der Waals surface area contributed by atoms with Crippen LogP contribution in [-0.4, -0.2) is 82.1 Å². The van der Waals surface area contributed by atoms with Crippen LogP contribution in [0.4, 0.5) is 0 Å². The van der Waals surface area contributed by atoms with E-state index in [2.05, 4.69) is 13.8 Å². The SMILES string of the molecule is CCCCC=CC(CCC(CC=CCC(C=CCCC(=O)O)C1CC(=O)OC1=O)OC(CC=CCC(C=CCCC(=O)O)C1CC(=O)OC1=O)CCC(C=CCCCC)C1CC(=O)OC1=O)C1CC(=O)OC1=O. The number of hydrogen-bond acceptors (Lipinski definition) is 15. The van der Waals surface area contributed by atoms with Crippen molar-refractivity contribution in [3.63, 3.8) is 0 Å². The van der Waals surface area contributed by atoms with Crippen molar-refractivity contribution >= 4 is 59.7 Å². The van der Waals surface area contributed by atoms with E-state index >= 15 is 0 Å². The molecular weight excluding hydrogens is 945 g/mol. The predicted octanol–water partition coefficient (Wildman–Crippen LogP) is 9.13. The van der Waals surface area contributed by atoms with Gasteiger partial charge in [0.25, 0.3) is 0 Å². The standard InChI is InChI=1S/C56H74O17/c1-3-5-7-9-19-39(45-35-51(63)72-55(45)67)29-31-41(25-15-11-21-37(23-13-17-27-47(57)58)43-33-49(61)70-53(43)65)69-42(32-30-40(20-10-8-6-4-2)46-36-52(64)73-56(46)68)26-16-12-22-38(24-14-18-28-48(59)60)44-34-50(62)71-54(44)66/h9-16,19-20,23-24,37-46H,3-8,17-18,21-22,25-36H2,1-2H3,(H,57,58)(H,59,60). The highest BCUT2D eigenvalue weighted by atomic mass is 16.6. The van der Waals surface area contributed by atoms with Crippen LogP contribution in [0.25, 0.3) is 0 Å². The molecule has 0 aliphatic carbocycles. The van der Waals surface area contributed by atoms with E-state index in [9.17, 15) is 47.9 Å². The lowest BCUT2D eigenvalue weighted by Crippen LogP contribution is -2.26. The maximum absolute atomic E-state index is 13.0. The first-order valence-electron chi connectivity index (χ1n) is 26.1. The molecule has 0 aromatic heterocycles. The molecule has 17 heteroatoms. The normalized spacial score (nSPS) is 23.2. The number of aliphatic carboxylic acids is 2. The van der Waals surface area contributed by atoms with Crippen LogP contribution < -0.4 is 0 Å². The lowest BCUT2D eigenvalue weighted by molar-refractivity contribution is -0.155. The van der Waals surface area contributed by atoms with Crippen LogP contribution in [0.5, 0.6) is 0 Å². The van der Waals surface area contributed by atoms with Gasteiger partial charge < -0.3 is 33.9 Å². The molecule has 4 fully saturated rings. The molecule has 0 saturated carbocycles. The van der Waals surface area contributed by atoms with Crippen molar-refractivity contribution in [3.8, 4) is 0 Å². The smallest absolute Gasteiger partial charge is 0.317 e. The number of rotatable bonds is 36. The van der Waals surface area contributed by atoms with Crippen LogP contribution in [0.1, 0.15) is 155 Å². The number of carboxylic acids is 2. The van der Waals surface area contributed by atoms with Gasteiger partial charge in [-0.3, -0.25) is 47.9 Å². The Morgan fingerprint density at radius 2 is 0.753 bits per heavy atom. The van der Waals surface area contributed by atoms with Crippen LogP contribution in [0, 0.1) is 47.3 Å². The third-order valence-electron chi connectivity index (χ3n) is 13.7. The van der Waals surface area contributed by atoms with Gasteiger partial charge in [0, 0.05) is 12.8 Å². The van der Waals surface area contributed by atoms with E-state index in [1.54, 1.807) is 24.3 Å². The van der Waals surface area contributed by atoms with Crippen molar-refractivity contribution in [2.45, 2.75) is 167 Å². The Kier molecular flexibility index (Phi) is 26.2. The number of ether oxygens (including phenoxy) is 5. The number of hydrogen-bond donors (Lipinski definition) is 2. The van der Waals surface area contributed by atoms with E-state index in [0.29, 0.717) is 51.4 Å². The summed E-state index contributed by atoms with van der Waals surface area (Å²) in [5, 5.41) is 18.3. The monoisotopic (exact) mass is 1020 g/mol. The third-order valence-corrected chi connectivity index (χ3v) is 13.7. The highest BCUT2D eigenvalue weighted by Crippen LogP contribution is 2.35. The van der Waals surface area contributed by atoms with Crippen molar-refractivity contribution in [2.24, 2.45) is 47.3 Å². The molecular formula is C56H74O17. The molecule has 4 heterocycles. The van der Waals surface area contributed by atoms with Gasteiger partial charge in [-0.05, 0) is 101 Å². The van der Waals surface area contributed by atoms with Gasteiger partial charge >= 0.3 is 59.7 Å². The van der Waals surface area contributed by atoms with Crippen LogP contribution >= 0.6 is 0 Å². The summed E-state index contributed by atoms with van der Waals surface area (Å²) in [5.41, 5.74) is 0. The zero-order chi connectivity index (χ0) is 53.1. The molecule has 17 nitrogen and oxygen atoms in total. The van der Waals surface area contributed by atoms with Gasteiger partial charge in [0.15, 0.2) is 0 Å². The predicted molar refractivity (Wildman–Crippen MR) is 264 cm³/mol. The molecule has 0 spiro atoms. The maximum Gasteiger partial charge on any atom is 0.317 e. The van der Waals surface area contributed by atoms with Crippen LogP contribution in [0.15, 0.2) is 72.9 Å². The molecule has 2 N–H and O–H groups in total. The Balaban J connectivity index is 1.67. The fourth-order valence-electron chi connectivity index (χ4n) is 9.55. The largest absolute Gasteiger partial charge is 0.481 e. The summed E-state index contributed by atoms with van der Waals surface area (Å²) in [7, 11) is 0. The van der Waals surface area contributed by atoms with Gasteiger partial charge in [0.2, 0.25) is 0 Å². The van der Waals surface area contributed by atoms with Crippen molar-refractivity contribution in [3.05, 3.63) is 72.9 Å².